The van der Waals surface area contributed by atoms with E-state index in [0.717, 1.165) is 25.3 Å². The molecule has 1 atom stereocenters. The van der Waals surface area contributed by atoms with Crippen molar-refractivity contribution in [1.82, 2.24) is 10.3 Å². The highest BCUT2D eigenvalue weighted by Gasteiger charge is 2.11. The molecule has 0 rings (SSSR count). The molecule has 0 aromatic carbocycles. The zero-order valence-corrected chi connectivity index (χ0v) is 9.88. The van der Waals surface area contributed by atoms with Gasteiger partial charge in [-0.1, -0.05) is 20.3 Å². The predicted octanol–water partition coefficient (Wildman–Crippen LogP) is 1.34. The van der Waals surface area contributed by atoms with E-state index in [1.807, 2.05) is 7.05 Å². The smallest absolute Gasteiger partial charge is 0.208 e. The second-order valence-electron chi connectivity index (χ2n) is 3.60. The maximum atomic E-state index is 5.43. The Labute approximate surface area is 87.5 Å². The van der Waals surface area contributed by atoms with Gasteiger partial charge in [0.25, 0.3) is 0 Å². The Hall–Kier alpha value is -0.770. The molecular formula is C10H24N4. The van der Waals surface area contributed by atoms with E-state index in [0.29, 0.717) is 6.04 Å². The molecule has 4 heteroatoms. The lowest BCUT2D eigenvalue weighted by molar-refractivity contribution is 0.354. The van der Waals surface area contributed by atoms with Crippen LogP contribution in [0.4, 0.5) is 0 Å². The first-order chi connectivity index (χ1) is 6.67. The van der Waals surface area contributed by atoms with Crippen LogP contribution < -0.4 is 11.3 Å². The Morgan fingerprint density at radius 2 is 2.07 bits per heavy atom. The van der Waals surface area contributed by atoms with Crippen molar-refractivity contribution in [2.24, 2.45) is 10.8 Å². The molecule has 3 N–H and O–H groups in total. The average Bonchev–Trinajstić information content (AvgIpc) is 2.19. The average molecular weight is 200 g/mol. The van der Waals surface area contributed by atoms with Gasteiger partial charge in [-0.3, -0.25) is 10.4 Å². The Morgan fingerprint density at radius 1 is 1.43 bits per heavy atom. The molecule has 0 saturated carbocycles. The van der Waals surface area contributed by atoms with Crippen LogP contribution in [0, 0.1) is 0 Å². The summed E-state index contributed by atoms with van der Waals surface area (Å²) >= 11 is 0. The number of nitrogens with two attached hydrogens (primary N) is 1. The van der Waals surface area contributed by atoms with E-state index >= 15 is 0 Å². The molecule has 0 aliphatic heterocycles. The van der Waals surface area contributed by atoms with Crippen LogP contribution in [0.2, 0.25) is 0 Å². The number of hydrogen-bond acceptors (Lipinski definition) is 2. The van der Waals surface area contributed by atoms with Gasteiger partial charge in [0.2, 0.25) is 5.96 Å². The molecule has 14 heavy (non-hydrogen) atoms. The number of hydrogen-bond donors (Lipinski definition) is 2. The van der Waals surface area contributed by atoms with Gasteiger partial charge in [-0.25, -0.2) is 5.84 Å². The fourth-order valence-corrected chi connectivity index (χ4v) is 1.30. The van der Waals surface area contributed by atoms with Crippen LogP contribution in [-0.2, 0) is 0 Å². The van der Waals surface area contributed by atoms with E-state index in [4.69, 9.17) is 5.84 Å². The molecule has 0 fully saturated rings. The van der Waals surface area contributed by atoms with Crippen molar-refractivity contribution in [3.05, 3.63) is 0 Å². The highest BCUT2D eigenvalue weighted by atomic mass is 15.4. The van der Waals surface area contributed by atoms with E-state index in [2.05, 4.69) is 36.1 Å². The molecule has 0 spiro atoms. The first kappa shape index (κ1) is 13.2. The summed E-state index contributed by atoms with van der Waals surface area (Å²) in [5, 5.41) is 0. The zero-order valence-electron chi connectivity index (χ0n) is 9.88. The first-order valence-corrected chi connectivity index (χ1v) is 5.41. The van der Waals surface area contributed by atoms with Crippen molar-refractivity contribution >= 4 is 5.96 Å². The number of guanidine groups is 1. The van der Waals surface area contributed by atoms with E-state index in [1.165, 1.54) is 6.42 Å². The lowest BCUT2D eigenvalue weighted by Gasteiger charge is -2.27. The van der Waals surface area contributed by atoms with Gasteiger partial charge in [0.1, 0.15) is 0 Å². The number of nitrogens with one attached hydrogen (secondary N) is 1. The van der Waals surface area contributed by atoms with Crippen LogP contribution in [0.5, 0.6) is 0 Å². The lowest BCUT2D eigenvalue weighted by Crippen LogP contribution is -2.46. The first-order valence-electron chi connectivity index (χ1n) is 5.41. The molecule has 0 aliphatic carbocycles. The molecule has 0 heterocycles. The van der Waals surface area contributed by atoms with Crippen LogP contribution in [-0.4, -0.2) is 30.5 Å². The van der Waals surface area contributed by atoms with E-state index in [-0.39, 0.29) is 0 Å². The Bertz CT molecular complexity index is 168. The minimum Gasteiger partial charge on any atom is -0.342 e. The number of aliphatic imine (C=N–C) groups is 1. The second kappa shape index (κ2) is 7.62. The molecule has 0 amide bonds. The third kappa shape index (κ3) is 4.46. The fourth-order valence-electron chi connectivity index (χ4n) is 1.30. The van der Waals surface area contributed by atoms with Crippen molar-refractivity contribution in [3.63, 3.8) is 0 Å². The summed E-state index contributed by atoms with van der Waals surface area (Å²) in [6.45, 7) is 7.29. The van der Waals surface area contributed by atoms with Gasteiger partial charge in [-0.15, -0.1) is 0 Å². The zero-order chi connectivity index (χ0) is 11.0. The minimum atomic E-state index is 0.478. The summed E-state index contributed by atoms with van der Waals surface area (Å²) in [6.07, 6.45) is 3.38. The predicted molar refractivity (Wildman–Crippen MR) is 62.0 cm³/mol. The Balaban J connectivity index is 4.21. The topological polar surface area (TPSA) is 53.6 Å². The summed E-state index contributed by atoms with van der Waals surface area (Å²) in [4.78, 5) is 6.47. The van der Waals surface area contributed by atoms with E-state index in [1.54, 1.807) is 0 Å². The molecule has 0 aliphatic rings. The largest absolute Gasteiger partial charge is 0.342 e. The standard InChI is InChI=1S/C10H24N4/c1-5-7-9(3)14(4)10(13-11)12-8-6-2/h9H,5-8,11H2,1-4H3,(H,12,13). The Kier molecular flexibility index (Phi) is 7.20. The summed E-state index contributed by atoms with van der Waals surface area (Å²) in [5.74, 6) is 6.21. The second-order valence-corrected chi connectivity index (χ2v) is 3.60. The highest BCUT2D eigenvalue weighted by Crippen LogP contribution is 2.03. The van der Waals surface area contributed by atoms with Crippen LogP contribution in [0.25, 0.3) is 0 Å². The van der Waals surface area contributed by atoms with Crippen molar-refractivity contribution in [2.45, 2.75) is 46.1 Å². The SMILES string of the molecule is CCCN=C(NN)N(C)C(C)CCC. The molecule has 1 unspecified atom stereocenters. The molecule has 0 saturated heterocycles. The molecule has 0 radical (unpaired) electrons. The summed E-state index contributed by atoms with van der Waals surface area (Å²) < 4.78 is 0. The maximum absolute atomic E-state index is 5.43. The molecule has 0 aromatic rings. The van der Waals surface area contributed by atoms with Crippen molar-refractivity contribution in [1.29, 1.82) is 0 Å². The monoisotopic (exact) mass is 200 g/mol. The van der Waals surface area contributed by atoms with E-state index < -0.39 is 0 Å². The van der Waals surface area contributed by atoms with Gasteiger partial charge in [-0.05, 0) is 19.8 Å². The normalized spacial score (nSPS) is 13.9. The van der Waals surface area contributed by atoms with Crippen molar-refractivity contribution in [2.75, 3.05) is 13.6 Å². The summed E-state index contributed by atoms with van der Waals surface area (Å²) in [5.41, 5.74) is 2.65. The quantitative estimate of drug-likeness (QED) is 0.305. The number of rotatable bonds is 5. The third-order valence-corrected chi connectivity index (χ3v) is 2.32. The van der Waals surface area contributed by atoms with Crippen LogP contribution in [0.1, 0.15) is 40.0 Å². The van der Waals surface area contributed by atoms with Gasteiger partial charge >= 0.3 is 0 Å². The minimum absolute atomic E-state index is 0.478. The van der Waals surface area contributed by atoms with Gasteiger partial charge in [0, 0.05) is 19.6 Å². The summed E-state index contributed by atoms with van der Waals surface area (Å²) in [7, 11) is 2.02. The lowest BCUT2D eigenvalue weighted by atomic mass is 10.2. The highest BCUT2D eigenvalue weighted by molar-refractivity contribution is 5.79. The van der Waals surface area contributed by atoms with Gasteiger partial charge in [0.05, 0.1) is 0 Å². The number of nitrogens with zero attached hydrogens (tertiary/aromatic N) is 2. The van der Waals surface area contributed by atoms with Gasteiger partial charge in [0.15, 0.2) is 0 Å². The number of hydrazine groups is 1. The fraction of sp³-hybridized carbons (Fsp3) is 0.900. The van der Waals surface area contributed by atoms with Crippen LogP contribution in [0.3, 0.4) is 0 Å². The van der Waals surface area contributed by atoms with Crippen LogP contribution in [0.15, 0.2) is 4.99 Å². The third-order valence-electron chi connectivity index (χ3n) is 2.32. The molecule has 84 valence electrons. The molecule has 0 aromatic heterocycles. The Morgan fingerprint density at radius 3 is 2.50 bits per heavy atom. The van der Waals surface area contributed by atoms with E-state index in [9.17, 15) is 0 Å². The molecule has 4 nitrogen and oxygen atoms in total. The van der Waals surface area contributed by atoms with Gasteiger partial charge < -0.3 is 4.90 Å². The van der Waals surface area contributed by atoms with Crippen LogP contribution >= 0.6 is 0 Å². The van der Waals surface area contributed by atoms with Crippen molar-refractivity contribution < 1.29 is 0 Å². The molecule has 0 bridgehead atoms. The van der Waals surface area contributed by atoms with Crippen molar-refractivity contribution in [3.8, 4) is 0 Å². The molecular weight excluding hydrogens is 176 g/mol. The van der Waals surface area contributed by atoms with Gasteiger partial charge in [-0.2, -0.15) is 0 Å². The summed E-state index contributed by atoms with van der Waals surface area (Å²) in [6, 6.07) is 0.478. The maximum Gasteiger partial charge on any atom is 0.208 e.